The minimum Gasteiger partial charge on any atom is -0.474 e. The third-order valence-electron chi connectivity index (χ3n) is 5.51. The quantitative estimate of drug-likeness (QED) is 0.628. The van der Waals surface area contributed by atoms with Crippen molar-refractivity contribution in [1.82, 2.24) is 9.97 Å². The van der Waals surface area contributed by atoms with Gasteiger partial charge in [0.2, 0.25) is 11.8 Å². The van der Waals surface area contributed by atoms with E-state index >= 15 is 0 Å². The average molecular weight is 399 g/mol. The number of halogens is 1. The molecule has 5 rings (SSSR count). The van der Waals surface area contributed by atoms with Gasteiger partial charge in [-0.25, -0.2) is 4.98 Å². The van der Waals surface area contributed by atoms with Gasteiger partial charge in [0.15, 0.2) is 5.13 Å². The standard InChI is InChI=1S/C21H22FN3O2S/c22-19-6-5-16(13-7-9-26-10-8-13)20(25-19)27-15-11-14(12-15)23-21-24-17-3-1-2-4-18(17)28-21/h1-6,13-15H,7-12H2,(H,23,24). The lowest BCUT2D eigenvalue weighted by Crippen LogP contribution is -2.42. The van der Waals surface area contributed by atoms with Crippen molar-refractivity contribution in [2.24, 2.45) is 0 Å². The summed E-state index contributed by atoms with van der Waals surface area (Å²) in [5.74, 6) is 0.290. The first-order valence-corrected chi connectivity index (χ1v) is 10.6. The maximum absolute atomic E-state index is 13.7. The molecular formula is C21H22FN3O2S. The van der Waals surface area contributed by atoms with Crippen LogP contribution >= 0.6 is 11.3 Å². The molecule has 0 atom stereocenters. The van der Waals surface area contributed by atoms with Crippen LogP contribution in [0.3, 0.4) is 0 Å². The van der Waals surface area contributed by atoms with Gasteiger partial charge in [0, 0.05) is 37.7 Å². The van der Waals surface area contributed by atoms with Gasteiger partial charge in [0.1, 0.15) is 6.10 Å². The second kappa shape index (κ2) is 7.64. The first-order valence-electron chi connectivity index (χ1n) is 9.77. The summed E-state index contributed by atoms with van der Waals surface area (Å²) in [4.78, 5) is 8.67. The molecule has 0 amide bonds. The molecule has 1 aliphatic carbocycles. The molecule has 2 fully saturated rings. The maximum atomic E-state index is 13.7. The topological polar surface area (TPSA) is 56.3 Å². The Balaban J connectivity index is 1.22. The molecule has 0 spiro atoms. The highest BCUT2D eigenvalue weighted by Gasteiger charge is 2.33. The molecular weight excluding hydrogens is 377 g/mol. The lowest BCUT2D eigenvalue weighted by atomic mass is 9.89. The van der Waals surface area contributed by atoms with E-state index in [0.29, 0.717) is 17.8 Å². The number of ether oxygens (including phenoxy) is 2. The molecule has 1 N–H and O–H groups in total. The van der Waals surface area contributed by atoms with Gasteiger partial charge >= 0.3 is 0 Å². The van der Waals surface area contributed by atoms with Crippen molar-refractivity contribution >= 4 is 26.7 Å². The third-order valence-corrected chi connectivity index (χ3v) is 6.48. The zero-order chi connectivity index (χ0) is 18.9. The van der Waals surface area contributed by atoms with E-state index in [9.17, 15) is 4.39 Å². The van der Waals surface area contributed by atoms with E-state index in [1.165, 1.54) is 10.8 Å². The van der Waals surface area contributed by atoms with Crippen LogP contribution in [0.5, 0.6) is 5.88 Å². The summed E-state index contributed by atoms with van der Waals surface area (Å²) in [5.41, 5.74) is 2.03. The van der Waals surface area contributed by atoms with Gasteiger partial charge in [-0.3, -0.25) is 0 Å². The Morgan fingerprint density at radius 1 is 1.07 bits per heavy atom. The SMILES string of the molecule is Fc1ccc(C2CCOCC2)c(OC2CC(Nc3nc4ccccc4s3)C2)n1. The summed E-state index contributed by atoms with van der Waals surface area (Å²) in [6, 6.07) is 11.7. The third kappa shape index (κ3) is 3.69. The second-order valence-electron chi connectivity index (χ2n) is 7.45. The molecule has 2 aromatic heterocycles. The van der Waals surface area contributed by atoms with Crippen LogP contribution in [-0.2, 0) is 4.74 Å². The number of benzene rings is 1. The van der Waals surface area contributed by atoms with Gasteiger partial charge in [0.25, 0.3) is 0 Å². The average Bonchev–Trinajstić information content (AvgIpc) is 3.10. The monoisotopic (exact) mass is 399 g/mol. The first-order chi connectivity index (χ1) is 13.7. The molecule has 1 aromatic carbocycles. The van der Waals surface area contributed by atoms with Crippen LogP contribution in [0.15, 0.2) is 36.4 Å². The van der Waals surface area contributed by atoms with Gasteiger partial charge in [-0.1, -0.05) is 23.5 Å². The molecule has 5 nitrogen and oxygen atoms in total. The summed E-state index contributed by atoms with van der Waals surface area (Å²) in [6.07, 6.45) is 3.63. The number of nitrogens with zero attached hydrogens (tertiary/aromatic N) is 2. The largest absolute Gasteiger partial charge is 0.474 e. The summed E-state index contributed by atoms with van der Waals surface area (Å²) in [7, 11) is 0. The Hall–Kier alpha value is -2.25. The number of aromatic nitrogens is 2. The zero-order valence-electron chi connectivity index (χ0n) is 15.4. The van der Waals surface area contributed by atoms with E-state index < -0.39 is 5.95 Å². The molecule has 1 saturated heterocycles. The van der Waals surface area contributed by atoms with Gasteiger partial charge in [-0.2, -0.15) is 9.37 Å². The Morgan fingerprint density at radius 2 is 1.89 bits per heavy atom. The minimum atomic E-state index is -0.491. The number of nitrogens with one attached hydrogen (secondary N) is 1. The molecule has 3 heterocycles. The van der Waals surface area contributed by atoms with Crippen molar-refractivity contribution in [1.29, 1.82) is 0 Å². The lowest BCUT2D eigenvalue weighted by Gasteiger charge is -2.36. The van der Waals surface area contributed by atoms with Crippen molar-refractivity contribution in [2.75, 3.05) is 18.5 Å². The van der Waals surface area contributed by atoms with E-state index in [1.807, 2.05) is 24.3 Å². The number of fused-ring (bicyclic) bond motifs is 1. The first kappa shape index (κ1) is 17.8. The van der Waals surface area contributed by atoms with Gasteiger partial charge in [-0.05, 0) is 43.0 Å². The Kier molecular flexibility index (Phi) is 4.86. The number of anilines is 1. The van der Waals surface area contributed by atoms with Crippen molar-refractivity contribution in [3.05, 3.63) is 47.9 Å². The van der Waals surface area contributed by atoms with E-state index in [4.69, 9.17) is 9.47 Å². The van der Waals surface area contributed by atoms with Crippen molar-refractivity contribution < 1.29 is 13.9 Å². The molecule has 146 valence electrons. The van der Waals surface area contributed by atoms with E-state index in [0.717, 1.165) is 55.1 Å². The maximum Gasteiger partial charge on any atom is 0.219 e. The molecule has 0 bridgehead atoms. The number of hydrogen-bond donors (Lipinski definition) is 1. The summed E-state index contributed by atoms with van der Waals surface area (Å²) in [6.45, 7) is 1.47. The molecule has 28 heavy (non-hydrogen) atoms. The Labute approximate surface area is 166 Å². The number of para-hydroxylation sites is 1. The van der Waals surface area contributed by atoms with Gasteiger partial charge in [-0.15, -0.1) is 0 Å². The summed E-state index contributed by atoms with van der Waals surface area (Å²) >= 11 is 1.67. The molecule has 2 aliphatic rings. The predicted octanol–water partition coefficient (Wildman–Crippen LogP) is 4.75. The van der Waals surface area contributed by atoms with E-state index in [2.05, 4.69) is 21.4 Å². The van der Waals surface area contributed by atoms with Crippen molar-refractivity contribution in [3.63, 3.8) is 0 Å². The van der Waals surface area contributed by atoms with Crippen LogP contribution in [0.2, 0.25) is 0 Å². The van der Waals surface area contributed by atoms with Crippen LogP contribution in [0.1, 0.15) is 37.2 Å². The highest BCUT2D eigenvalue weighted by molar-refractivity contribution is 7.22. The predicted molar refractivity (Wildman–Crippen MR) is 108 cm³/mol. The minimum absolute atomic E-state index is 0.0553. The Morgan fingerprint density at radius 3 is 2.71 bits per heavy atom. The number of rotatable bonds is 5. The van der Waals surface area contributed by atoms with Crippen LogP contribution in [0, 0.1) is 5.95 Å². The highest BCUT2D eigenvalue weighted by Crippen LogP contribution is 2.36. The second-order valence-corrected chi connectivity index (χ2v) is 8.48. The van der Waals surface area contributed by atoms with Gasteiger partial charge in [0.05, 0.1) is 10.2 Å². The van der Waals surface area contributed by atoms with Gasteiger partial charge < -0.3 is 14.8 Å². The highest BCUT2D eigenvalue weighted by atomic mass is 32.1. The molecule has 1 aliphatic heterocycles. The number of thiazole rings is 1. The molecule has 0 unspecified atom stereocenters. The van der Waals surface area contributed by atoms with Crippen molar-refractivity contribution in [2.45, 2.75) is 43.7 Å². The number of hydrogen-bond acceptors (Lipinski definition) is 6. The fraction of sp³-hybridized carbons (Fsp3) is 0.429. The fourth-order valence-electron chi connectivity index (χ4n) is 3.89. The Bertz CT molecular complexity index is 934. The molecule has 1 saturated carbocycles. The summed E-state index contributed by atoms with van der Waals surface area (Å²) in [5, 5.41) is 4.43. The van der Waals surface area contributed by atoms with E-state index in [1.54, 1.807) is 11.3 Å². The normalized spacial score (nSPS) is 22.8. The van der Waals surface area contributed by atoms with E-state index in [-0.39, 0.29) is 6.10 Å². The molecule has 0 radical (unpaired) electrons. The molecule has 7 heteroatoms. The smallest absolute Gasteiger partial charge is 0.219 e. The molecule has 3 aromatic rings. The van der Waals surface area contributed by atoms with Crippen LogP contribution in [-0.4, -0.2) is 35.3 Å². The zero-order valence-corrected chi connectivity index (χ0v) is 16.3. The fourth-order valence-corrected chi connectivity index (χ4v) is 4.83. The number of pyridine rings is 1. The lowest BCUT2D eigenvalue weighted by molar-refractivity contribution is 0.0790. The van der Waals surface area contributed by atoms with Crippen molar-refractivity contribution in [3.8, 4) is 5.88 Å². The van der Waals surface area contributed by atoms with Crippen LogP contribution < -0.4 is 10.1 Å². The summed E-state index contributed by atoms with van der Waals surface area (Å²) < 4.78 is 26.4. The van der Waals surface area contributed by atoms with Crippen LogP contribution in [0.4, 0.5) is 9.52 Å². The van der Waals surface area contributed by atoms with Crippen LogP contribution in [0.25, 0.3) is 10.2 Å².